The lowest BCUT2D eigenvalue weighted by molar-refractivity contribution is 0.0890. The van der Waals surface area contributed by atoms with Gasteiger partial charge >= 0.3 is 0 Å². The first kappa shape index (κ1) is 7.03. The minimum absolute atomic E-state index is 0.405. The van der Waals surface area contributed by atoms with Crippen LogP contribution in [-0.2, 0) is 4.74 Å². The van der Waals surface area contributed by atoms with Crippen LogP contribution in [0.4, 0.5) is 0 Å². The minimum atomic E-state index is 0.405. The zero-order valence-corrected chi connectivity index (χ0v) is 5.89. The molecule has 1 N–H and O–H groups in total. The Labute approximate surface area is 56.6 Å². The predicted octanol–water partition coefficient (Wildman–Crippen LogP) is 0.935. The van der Waals surface area contributed by atoms with Crippen LogP contribution in [0.15, 0.2) is 0 Å². The van der Waals surface area contributed by atoms with Crippen molar-refractivity contribution >= 4 is 0 Å². The van der Waals surface area contributed by atoms with Crippen LogP contribution in [0.2, 0.25) is 0 Å². The van der Waals surface area contributed by atoms with Crippen LogP contribution in [0.5, 0.6) is 0 Å². The molecule has 53 valence electrons. The fourth-order valence-electron chi connectivity index (χ4n) is 1.44. The molecule has 0 spiro atoms. The van der Waals surface area contributed by atoms with Gasteiger partial charge in [-0.05, 0) is 19.3 Å². The van der Waals surface area contributed by atoms with Gasteiger partial charge in [0.15, 0.2) is 0 Å². The molecule has 0 aliphatic heterocycles. The van der Waals surface area contributed by atoms with Crippen molar-refractivity contribution in [3.63, 3.8) is 0 Å². The highest BCUT2D eigenvalue weighted by molar-refractivity contribution is 4.83. The average molecular weight is 128 g/mol. The molecule has 0 aromatic rings. The number of hydrogen-bond donors (Lipinski definition) is 1. The first-order valence-electron chi connectivity index (χ1n) is 3.44. The maximum absolute atomic E-state index is 5.21. The van der Waals surface area contributed by atoms with Gasteiger partial charge in [-0.15, -0.1) is 0 Å². The molecule has 1 fully saturated rings. The summed E-state index contributed by atoms with van der Waals surface area (Å²) in [6, 6.07) is 0.495. The summed E-state index contributed by atoms with van der Waals surface area (Å²) in [5.74, 6) is 0. The Bertz CT molecular complexity index is 75.0. The van der Waals surface area contributed by atoms with Crippen LogP contribution < -0.4 is 5.32 Å². The topological polar surface area (TPSA) is 21.3 Å². The van der Waals surface area contributed by atoms with E-state index in [1.54, 1.807) is 7.11 Å². The molecule has 0 aromatic carbocycles. The van der Waals surface area contributed by atoms with Gasteiger partial charge in [0.05, 0.1) is 6.10 Å². The Morgan fingerprint density at radius 1 is 1.56 bits per heavy atom. The lowest BCUT2D eigenvalue weighted by Crippen LogP contribution is -2.32. The molecule has 0 unspecified atom stereocenters. The lowest BCUT2D eigenvalue weighted by Gasteiger charge is -2.16. The van der Waals surface area contributed by atoms with E-state index >= 15 is 0 Å². The van der Waals surface area contributed by atoms with Crippen molar-refractivity contribution in [3.05, 3.63) is 7.05 Å². The van der Waals surface area contributed by atoms with Gasteiger partial charge in [-0.3, -0.25) is 0 Å². The van der Waals surface area contributed by atoms with E-state index in [9.17, 15) is 0 Å². The summed E-state index contributed by atoms with van der Waals surface area (Å²) in [4.78, 5) is 0. The summed E-state index contributed by atoms with van der Waals surface area (Å²) in [7, 11) is 5.40. The number of methoxy groups -OCH3 is 1. The van der Waals surface area contributed by atoms with Gasteiger partial charge in [-0.2, -0.15) is 0 Å². The van der Waals surface area contributed by atoms with Gasteiger partial charge in [0.1, 0.15) is 0 Å². The maximum Gasteiger partial charge on any atom is 0.0724 e. The van der Waals surface area contributed by atoms with Gasteiger partial charge in [-0.1, -0.05) is 0 Å². The van der Waals surface area contributed by atoms with E-state index in [0.717, 1.165) is 0 Å². The van der Waals surface area contributed by atoms with Crippen LogP contribution >= 0.6 is 0 Å². The molecule has 2 nitrogen and oxygen atoms in total. The molecule has 0 amide bonds. The van der Waals surface area contributed by atoms with Crippen LogP contribution in [0, 0.1) is 7.05 Å². The molecule has 1 aliphatic rings. The summed E-state index contributed by atoms with van der Waals surface area (Å²) < 4.78 is 5.21. The van der Waals surface area contributed by atoms with E-state index in [-0.39, 0.29) is 0 Å². The van der Waals surface area contributed by atoms with Gasteiger partial charge < -0.3 is 10.1 Å². The van der Waals surface area contributed by atoms with Gasteiger partial charge in [0, 0.05) is 20.2 Å². The zero-order valence-electron chi connectivity index (χ0n) is 5.89. The standard InChI is InChI=1S/C7H14NO/c1-8-6-4-3-5-7(6)9-2/h6-8H,1,3-5H2,2H3/t6-,7-/m0/s1. The summed E-state index contributed by atoms with van der Waals surface area (Å²) >= 11 is 0. The number of ether oxygens (including phenoxy) is 1. The SMILES string of the molecule is [CH2]N[C@H]1CCC[C@@H]1OC. The first-order valence-corrected chi connectivity index (χ1v) is 3.44. The van der Waals surface area contributed by atoms with E-state index in [0.29, 0.717) is 12.1 Å². The normalized spacial score (nSPS) is 35.3. The molecule has 2 atom stereocenters. The monoisotopic (exact) mass is 128 g/mol. The second-order valence-electron chi connectivity index (χ2n) is 2.52. The smallest absolute Gasteiger partial charge is 0.0724 e. The predicted molar refractivity (Wildman–Crippen MR) is 36.9 cm³/mol. The second kappa shape index (κ2) is 3.18. The third-order valence-corrected chi connectivity index (χ3v) is 2.02. The number of rotatable bonds is 2. The zero-order chi connectivity index (χ0) is 6.69. The number of nitrogens with one attached hydrogen (secondary N) is 1. The van der Waals surface area contributed by atoms with Crippen molar-refractivity contribution in [1.82, 2.24) is 5.32 Å². The highest BCUT2D eigenvalue weighted by Gasteiger charge is 2.24. The van der Waals surface area contributed by atoms with Crippen molar-refractivity contribution in [1.29, 1.82) is 0 Å². The van der Waals surface area contributed by atoms with Crippen molar-refractivity contribution in [2.45, 2.75) is 31.4 Å². The molecular formula is C7H14NO. The molecule has 0 aromatic heterocycles. The third kappa shape index (κ3) is 1.43. The molecule has 0 heterocycles. The molecule has 1 rings (SSSR count). The van der Waals surface area contributed by atoms with E-state index in [4.69, 9.17) is 4.74 Å². The van der Waals surface area contributed by atoms with E-state index < -0.39 is 0 Å². The largest absolute Gasteiger partial charge is 0.380 e. The van der Waals surface area contributed by atoms with Crippen molar-refractivity contribution in [3.8, 4) is 0 Å². The van der Waals surface area contributed by atoms with Gasteiger partial charge in [0.2, 0.25) is 0 Å². The molecule has 0 bridgehead atoms. The minimum Gasteiger partial charge on any atom is -0.380 e. The Hall–Kier alpha value is -0.0800. The van der Waals surface area contributed by atoms with Crippen molar-refractivity contribution in [2.24, 2.45) is 0 Å². The second-order valence-corrected chi connectivity index (χ2v) is 2.52. The summed E-state index contributed by atoms with van der Waals surface area (Å²) in [6.45, 7) is 0. The Balaban J connectivity index is 2.32. The molecule has 1 aliphatic carbocycles. The molecule has 2 heteroatoms. The average Bonchev–Trinajstić information content (AvgIpc) is 2.33. The van der Waals surface area contributed by atoms with E-state index in [1.807, 2.05) is 0 Å². The maximum atomic E-state index is 5.21. The van der Waals surface area contributed by atoms with E-state index in [2.05, 4.69) is 12.4 Å². The number of hydrogen-bond acceptors (Lipinski definition) is 2. The molecule has 1 radical (unpaired) electrons. The quantitative estimate of drug-likeness (QED) is 0.597. The summed E-state index contributed by atoms with van der Waals surface area (Å²) in [6.07, 6.45) is 4.07. The molecule has 1 saturated carbocycles. The molecule has 0 saturated heterocycles. The summed E-state index contributed by atoms with van der Waals surface area (Å²) in [5, 5.41) is 2.99. The molecular weight excluding hydrogens is 114 g/mol. The van der Waals surface area contributed by atoms with Crippen molar-refractivity contribution < 1.29 is 4.74 Å². The third-order valence-electron chi connectivity index (χ3n) is 2.02. The van der Waals surface area contributed by atoms with Gasteiger partial charge in [0.25, 0.3) is 0 Å². The Morgan fingerprint density at radius 2 is 2.33 bits per heavy atom. The fraction of sp³-hybridized carbons (Fsp3) is 0.857. The Kier molecular flexibility index (Phi) is 2.49. The molecule has 9 heavy (non-hydrogen) atoms. The van der Waals surface area contributed by atoms with Gasteiger partial charge in [-0.25, -0.2) is 0 Å². The summed E-state index contributed by atoms with van der Waals surface area (Å²) in [5.41, 5.74) is 0. The first-order chi connectivity index (χ1) is 4.38. The van der Waals surface area contributed by atoms with E-state index in [1.165, 1.54) is 19.3 Å². The van der Waals surface area contributed by atoms with Crippen molar-refractivity contribution in [2.75, 3.05) is 7.11 Å². The van der Waals surface area contributed by atoms with Crippen LogP contribution in [0.3, 0.4) is 0 Å². The van der Waals surface area contributed by atoms with Crippen LogP contribution in [0.1, 0.15) is 19.3 Å². The Morgan fingerprint density at radius 3 is 2.78 bits per heavy atom. The lowest BCUT2D eigenvalue weighted by atomic mass is 10.2. The fourth-order valence-corrected chi connectivity index (χ4v) is 1.44. The highest BCUT2D eigenvalue weighted by atomic mass is 16.5. The highest BCUT2D eigenvalue weighted by Crippen LogP contribution is 2.20. The van der Waals surface area contributed by atoms with Crippen LogP contribution in [0.25, 0.3) is 0 Å². The van der Waals surface area contributed by atoms with Crippen LogP contribution in [-0.4, -0.2) is 19.3 Å².